The summed E-state index contributed by atoms with van der Waals surface area (Å²) >= 11 is 0. The van der Waals surface area contributed by atoms with Crippen molar-refractivity contribution in [1.82, 2.24) is 24.8 Å². The number of nitrogens with zero attached hydrogens (tertiary/aromatic N) is 5. The number of aromatic nitrogens is 3. The van der Waals surface area contributed by atoms with E-state index >= 15 is 0 Å². The maximum absolute atomic E-state index is 13.3. The van der Waals surface area contributed by atoms with Gasteiger partial charge in [0.05, 0.1) is 48.2 Å². The van der Waals surface area contributed by atoms with Gasteiger partial charge in [-0.25, -0.2) is 4.98 Å². The van der Waals surface area contributed by atoms with Gasteiger partial charge in [-0.05, 0) is 78.9 Å². The molecule has 3 aromatic heterocycles. The quantitative estimate of drug-likeness (QED) is 0.0712. The number of pyridine rings is 2. The first-order chi connectivity index (χ1) is 29.2. The molecule has 2 unspecified atom stereocenters. The normalized spacial score (nSPS) is 16.6. The predicted molar refractivity (Wildman–Crippen MR) is 227 cm³/mol. The van der Waals surface area contributed by atoms with Gasteiger partial charge in [0.25, 0.3) is 11.8 Å². The Kier molecular flexibility index (Phi) is 11.9. The summed E-state index contributed by atoms with van der Waals surface area (Å²) in [5.41, 5.74) is 6.47. The number of carbonyl (C=O) groups excluding carboxylic acids is 4. The van der Waals surface area contributed by atoms with Crippen LogP contribution in [0.2, 0.25) is 0 Å². The van der Waals surface area contributed by atoms with Crippen molar-refractivity contribution in [2.45, 2.75) is 57.9 Å². The van der Waals surface area contributed by atoms with E-state index in [4.69, 9.17) is 14.2 Å². The number of hydrogen-bond acceptors (Lipinski definition) is 11. The van der Waals surface area contributed by atoms with E-state index in [0.29, 0.717) is 50.6 Å². The summed E-state index contributed by atoms with van der Waals surface area (Å²) in [7, 11) is 2.08. The van der Waals surface area contributed by atoms with Crippen LogP contribution in [0.15, 0.2) is 91.5 Å². The molecule has 1 saturated heterocycles. The molecular formula is C47H46N6O7. The molecule has 3 aliphatic rings. The van der Waals surface area contributed by atoms with E-state index in [2.05, 4.69) is 67.9 Å². The summed E-state index contributed by atoms with van der Waals surface area (Å²) in [4.78, 5) is 62.5. The first-order valence-electron chi connectivity index (χ1n) is 20.3. The topological polar surface area (TPSA) is 145 Å². The smallest absolute Gasteiger partial charge is 0.262 e. The van der Waals surface area contributed by atoms with Gasteiger partial charge in [-0.1, -0.05) is 31.1 Å². The number of allylic oxidation sites excluding steroid dienone is 2. The monoisotopic (exact) mass is 806 g/mol. The molecule has 2 atom stereocenters. The molecule has 0 radical (unpaired) electrons. The van der Waals surface area contributed by atoms with Gasteiger partial charge in [0.1, 0.15) is 30.1 Å². The number of amides is 2. The van der Waals surface area contributed by atoms with Crippen LogP contribution in [0.5, 0.6) is 5.75 Å². The van der Waals surface area contributed by atoms with Crippen molar-refractivity contribution in [3.63, 3.8) is 0 Å². The number of aryl methyl sites for hydroxylation is 1. The molecule has 0 bridgehead atoms. The van der Waals surface area contributed by atoms with E-state index in [1.54, 1.807) is 31.3 Å². The molecule has 2 aromatic carbocycles. The minimum atomic E-state index is -0.961. The largest absolute Gasteiger partial charge is 0.492 e. The highest BCUT2D eigenvalue weighted by Crippen LogP contribution is 2.33. The van der Waals surface area contributed by atoms with Crippen LogP contribution in [0.25, 0.3) is 27.4 Å². The Balaban J connectivity index is 0.723. The molecule has 2 amide bonds. The minimum absolute atomic E-state index is 0.0177. The maximum atomic E-state index is 13.3. The standard InChI is InChI=1S/C47H46N6O7/c1-4-35(55)12-16-42(30(2)54)53-46(56)39-15-11-34(24-40(39)47(53)57)52-28-37(29-52)59-20-5-7-33-10-13-36(26-49-33)58-21-6-22-60-45-17-9-32(25-50-45)31-8-14-38-41-27-48-19-18-43(41)51(3)44(38)23-31/h8-11,13-15,17-19,23-27,37,42,45,50H,4,6,12,16,20-22,28-29H2,1-3H3. The molecular weight excluding hydrogens is 761 g/mol. The summed E-state index contributed by atoms with van der Waals surface area (Å²) in [6.45, 7) is 5.54. The first kappa shape index (κ1) is 40.2. The van der Waals surface area contributed by atoms with Crippen LogP contribution in [0.4, 0.5) is 5.69 Å². The fourth-order valence-electron chi connectivity index (χ4n) is 7.74. The number of Topliss-reactive ketones (excluding diaryl/α,β-unsaturated/α-hetero) is 2. The van der Waals surface area contributed by atoms with Gasteiger partial charge in [-0.3, -0.25) is 29.1 Å². The lowest BCUT2D eigenvalue weighted by atomic mass is 10.0. The average molecular weight is 807 g/mol. The molecule has 3 aliphatic heterocycles. The number of ketones is 2. The van der Waals surface area contributed by atoms with Crippen LogP contribution in [0.1, 0.15) is 71.5 Å². The SMILES string of the molecule is CCC(=O)CCC(C(C)=O)N1C(=O)c2ccc(N3CC(OCC#Cc4ccc(OCCCOC5C=CC(c6ccc7c8cnccc8n(C)c7c6)=CN5)cn4)C3)cc2C1=O. The lowest BCUT2D eigenvalue weighted by molar-refractivity contribution is -0.122. The summed E-state index contributed by atoms with van der Waals surface area (Å²) in [5.74, 6) is 5.34. The number of carbonyl (C=O) groups is 4. The third-order valence-electron chi connectivity index (χ3n) is 11.2. The number of imide groups is 1. The molecule has 0 spiro atoms. The summed E-state index contributed by atoms with van der Waals surface area (Å²) in [5, 5.41) is 5.68. The molecule has 0 aliphatic carbocycles. The van der Waals surface area contributed by atoms with Crippen LogP contribution < -0.4 is 15.0 Å². The Labute approximate surface area is 348 Å². The Bertz CT molecular complexity index is 2600. The van der Waals surface area contributed by atoms with Gasteiger partial charge in [0.2, 0.25) is 0 Å². The summed E-state index contributed by atoms with van der Waals surface area (Å²) in [6, 6.07) is 16.4. The molecule has 13 heteroatoms. The van der Waals surface area contributed by atoms with Crippen molar-refractivity contribution in [3.8, 4) is 17.6 Å². The average Bonchev–Trinajstić information content (AvgIpc) is 3.68. The molecule has 1 N–H and O–H groups in total. The van der Waals surface area contributed by atoms with E-state index in [-0.39, 0.29) is 54.5 Å². The van der Waals surface area contributed by atoms with E-state index in [9.17, 15) is 19.2 Å². The van der Waals surface area contributed by atoms with E-state index in [0.717, 1.165) is 38.1 Å². The fourth-order valence-corrected chi connectivity index (χ4v) is 7.74. The number of anilines is 1. The predicted octanol–water partition coefficient (Wildman–Crippen LogP) is 6.00. The van der Waals surface area contributed by atoms with Crippen molar-refractivity contribution >= 4 is 56.4 Å². The van der Waals surface area contributed by atoms with Crippen LogP contribution >= 0.6 is 0 Å². The number of dihydropyridines is 1. The van der Waals surface area contributed by atoms with Gasteiger partial charge in [0, 0.05) is 80.0 Å². The van der Waals surface area contributed by atoms with Gasteiger partial charge in [0.15, 0.2) is 5.78 Å². The van der Waals surface area contributed by atoms with Crippen LogP contribution in [-0.4, -0.2) is 94.1 Å². The lowest BCUT2D eigenvalue weighted by Gasteiger charge is -2.40. The van der Waals surface area contributed by atoms with Crippen molar-refractivity contribution < 1.29 is 33.4 Å². The Morgan fingerprint density at radius 1 is 0.950 bits per heavy atom. The van der Waals surface area contributed by atoms with Crippen molar-refractivity contribution in [3.05, 3.63) is 114 Å². The van der Waals surface area contributed by atoms with E-state index < -0.39 is 17.9 Å². The zero-order chi connectivity index (χ0) is 41.8. The number of rotatable bonds is 16. The maximum Gasteiger partial charge on any atom is 0.262 e. The number of nitrogens with one attached hydrogen (secondary N) is 1. The van der Waals surface area contributed by atoms with Crippen molar-refractivity contribution in [2.24, 2.45) is 7.05 Å². The number of ether oxygens (including phenoxy) is 3. The molecule has 5 aromatic rings. The Morgan fingerprint density at radius 3 is 2.57 bits per heavy atom. The molecule has 60 heavy (non-hydrogen) atoms. The zero-order valence-electron chi connectivity index (χ0n) is 33.9. The van der Waals surface area contributed by atoms with Gasteiger partial charge < -0.3 is 29.0 Å². The molecule has 6 heterocycles. The summed E-state index contributed by atoms with van der Waals surface area (Å²) < 4.78 is 20.0. The highest BCUT2D eigenvalue weighted by molar-refractivity contribution is 6.23. The third kappa shape index (κ3) is 8.43. The second-order valence-electron chi connectivity index (χ2n) is 15.1. The van der Waals surface area contributed by atoms with Gasteiger partial charge in [-0.15, -0.1) is 0 Å². The van der Waals surface area contributed by atoms with Crippen molar-refractivity contribution in [1.29, 1.82) is 0 Å². The molecule has 13 nitrogen and oxygen atoms in total. The summed E-state index contributed by atoms with van der Waals surface area (Å²) in [6.07, 6.45) is 12.6. The number of fused-ring (bicyclic) bond motifs is 4. The lowest BCUT2D eigenvalue weighted by Crippen LogP contribution is -2.52. The molecule has 8 rings (SSSR count). The highest BCUT2D eigenvalue weighted by atomic mass is 16.5. The van der Waals surface area contributed by atoms with Crippen LogP contribution in [0.3, 0.4) is 0 Å². The van der Waals surface area contributed by atoms with E-state index in [1.165, 1.54) is 12.3 Å². The van der Waals surface area contributed by atoms with Gasteiger partial charge >= 0.3 is 0 Å². The second-order valence-corrected chi connectivity index (χ2v) is 15.1. The highest BCUT2D eigenvalue weighted by Gasteiger charge is 2.42. The van der Waals surface area contributed by atoms with Crippen molar-refractivity contribution in [2.75, 3.05) is 37.8 Å². The molecule has 0 saturated carbocycles. The van der Waals surface area contributed by atoms with Gasteiger partial charge in [-0.2, -0.15) is 0 Å². The third-order valence-corrected chi connectivity index (χ3v) is 11.2. The number of hydrogen-bond donors (Lipinski definition) is 1. The molecule has 306 valence electrons. The Hall–Kier alpha value is -6.62. The number of benzene rings is 2. The van der Waals surface area contributed by atoms with Crippen LogP contribution in [0, 0.1) is 11.8 Å². The molecule has 1 fully saturated rings. The van der Waals surface area contributed by atoms with Crippen LogP contribution in [-0.2, 0) is 26.1 Å². The zero-order valence-corrected chi connectivity index (χ0v) is 33.9. The fraction of sp³-hybridized carbons (Fsp3) is 0.319. The Morgan fingerprint density at radius 2 is 1.80 bits per heavy atom. The first-order valence-corrected chi connectivity index (χ1v) is 20.3. The second kappa shape index (κ2) is 17.7. The van der Waals surface area contributed by atoms with E-state index in [1.807, 2.05) is 42.9 Å². The minimum Gasteiger partial charge on any atom is -0.492 e.